The molecule has 1 aromatic heterocycles. The molecule has 0 atom stereocenters. The van der Waals surface area contributed by atoms with Crippen molar-refractivity contribution in [3.8, 4) is 11.5 Å². The van der Waals surface area contributed by atoms with E-state index in [4.69, 9.17) is 10.5 Å². The van der Waals surface area contributed by atoms with E-state index >= 15 is 0 Å². The van der Waals surface area contributed by atoms with E-state index in [1.807, 2.05) is 0 Å². The van der Waals surface area contributed by atoms with Crippen LogP contribution in [0.3, 0.4) is 0 Å². The lowest BCUT2D eigenvalue weighted by molar-refractivity contribution is 0.0600. The van der Waals surface area contributed by atoms with Gasteiger partial charge in [0.2, 0.25) is 0 Å². The van der Waals surface area contributed by atoms with Crippen LogP contribution in [0.5, 0.6) is 11.5 Å². The van der Waals surface area contributed by atoms with Crippen molar-refractivity contribution in [1.29, 1.82) is 0 Å². The standard InChI is InChI=1S/C17H14N2O4/c1-22-17(21)10-3-2-4-11(9-10)23-14-6-5-13-12(7-8-19-13)15(14)16(18)20/h2-9,19H,1H3,(H2,18,20). The monoisotopic (exact) mass is 310 g/mol. The highest BCUT2D eigenvalue weighted by atomic mass is 16.5. The van der Waals surface area contributed by atoms with Gasteiger partial charge in [0.1, 0.15) is 11.5 Å². The van der Waals surface area contributed by atoms with Gasteiger partial charge in [-0.05, 0) is 36.4 Å². The molecule has 1 heterocycles. The van der Waals surface area contributed by atoms with Gasteiger partial charge >= 0.3 is 5.97 Å². The molecule has 3 rings (SSSR count). The van der Waals surface area contributed by atoms with Crippen molar-refractivity contribution in [1.82, 2.24) is 4.98 Å². The van der Waals surface area contributed by atoms with Gasteiger partial charge in [-0.15, -0.1) is 0 Å². The van der Waals surface area contributed by atoms with Crippen LogP contribution in [0.25, 0.3) is 10.9 Å². The molecule has 6 heteroatoms. The van der Waals surface area contributed by atoms with E-state index < -0.39 is 11.9 Å². The fraction of sp³-hybridized carbons (Fsp3) is 0.0588. The molecule has 0 fully saturated rings. The Balaban J connectivity index is 2.03. The number of fused-ring (bicyclic) bond motifs is 1. The first-order valence-corrected chi connectivity index (χ1v) is 6.86. The highest BCUT2D eigenvalue weighted by Gasteiger charge is 2.16. The Labute approximate surface area is 131 Å². The number of hydrogen-bond donors (Lipinski definition) is 2. The molecule has 0 saturated carbocycles. The predicted octanol–water partition coefficient (Wildman–Crippen LogP) is 2.85. The first kappa shape index (κ1) is 14.6. The van der Waals surface area contributed by atoms with Crippen LogP contribution in [0, 0.1) is 0 Å². The number of amides is 1. The normalized spacial score (nSPS) is 10.5. The number of aromatic nitrogens is 1. The summed E-state index contributed by atoms with van der Waals surface area (Å²) in [5, 5.41) is 0.680. The number of primary amides is 1. The van der Waals surface area contributed by atoms with Crippen LogP contribution < -0.4 is 10.5 Å². The third-order valence-electron chi connectivity index (χ3n) is 3.43. The second kappa shape index (κ2) is 5.84. The highest BCUT2D eigenvalue weighted by Crippen LogP contribution is 2.31. The Hall–Kier alpha value is -3.28. The average Bonchev–Trinajstić information content (AvgIpc) is 3.02. The molecule has 0 spiro atoms. The van der Waals surface area contributed by atoms with Gasteiger partial charge in [0.15, 0.2) is 0 Å². The summed E-state index contributed by atoms with van der Waals surface area (Å²) in [6, 6.07) is 11.7. The molecular weight excluding hydrogens is 296 g/mol. The van der Waals surface area contributed by atoms with Crippen LogP contribution in [0.4, 0.5) is 0 Å². The van der Waals surface area contributed by atoms with Crippen LogP contribution in [-0.2, 0) is 4.74 Å². The number of H-pyrrole nitrogens is 1. The van der Waals surface area contributed by atoms with Gasteiger partial charge < -0.3 is 20.2 Å². The van der Waals surface area contributed by atoms with Gasteiger partial charge in [-0.25, -0.2) is 4.79 Å². The maximum absolute atomic E-state index is 11.8. The second-order valence-electron chi connectivity index (χ2n) is 4.86. The zero-order valence-electron chi connectivity index (χ0n) is 12.3. The SMILES string of the molecule is COC(=O)c1cccc(Oc2ccc3[nH]ccc3c2C(N)=O)c1. The van der Waals surface area contributed by atoms with E-state index in [1.165, 1.54) is 13.2 Å². The molecule has 0 bridgehead atoms. The number of carbonyl (C=O) groups is 2. The van der Waals surface area contributed by atoms with Crippen molar-refractivity contribution >= 4 is 22.8 Å². The number of rotatable bonds is 4. The van der Waals surface area contributed by atoms with E-state index in [0.717, 1.165) is 5.52 Å². The lowest BCUT2D eigenvalue weighted by Crippen LogP contribution is -2.12. The average molecular weight is 310 g/mol. The van der Waals surface area contributed by atoms with Gasteiger partial charge in [-0.1, -0.05) is 6.07 Å². The van der Waals surface area contributed by atoms with E-state index in [-0.39, 0.29) is 5.56 Å². The summed E-state index contributed by atoms with van der Waals surface area (Å²) in [5.74, 6) is -0.321. The van der Waals surface area contributed by atoms with Crippen molar-refractivity contribution < 1.29 is 19.1 Å². The molecule has 0 aliphatic carbocycles. The molecule has 23 heavy (non-hydrogen) atoms. The summed E-state index contributed by atoms with van der Waals surface area (Å²) < 4.78 is 10.4. The van der Waals surface area contributed by atoms with Gasteiger partial charge in [-0.3, -0.25) is 4.79 Å². The van der Waals surface area contributed by atoms with Gasteiger partial charge in [0, 0.05) is 17.1 Å². The number of methoxy groups -OCH3 is 1. The molecule has 0 saturated heterocycles. The summed E-state index contributed by atoms with van der Waals surface area (Å²) in [6.45, 7) is 0. The number of nitrogens with two attached hydrogens (primary N) is 1. The minimum Gasteiger partial charge on any atom is -0.465 e. The summed E-state index contributed by atoms with van der Waals surface area (Å²) in [4.78, 5) is 26.4. The third-order valence-corrected chi connectivity index (χ3v) is 3.43. The number of aromatic amines is 1. The van der Waals surface area contributed by atoms with E-state index in [0.29, 0.717) is 22.4 Å². The number of ether oxygens (including phenoxy) is 2. The highest BCUT2D eigenvalue weighted by molar-refractivity contribution is 6.08. The summed E-state index contributed by atoms with van der Waals surface area (Å²) in [6.07, 6.45) is 1.72. The Kier molecular flexibility index (Phi) is 3.72. The summed E-state index contributed by atoms with van der Waals surface area (Å²) >= 11 is 0. The van der Waals surface area contributed by atoms with Gasteiger partial charge in [0.25, 0.3) is 5.91 Å². The Morgan fingerprint density at radius 1 is 1.13 bits per heavy atom. The molecule has 3 N–H and O–H groups in total. The van der Waals surface area contributed by atoms with Crippen molar-refractivity contribution in [3.05, 3.63) is 59.8 Å². The molecule has 0 radical (unpaired) electrons. The quantitative estimate of drug-likeness (QED) is 0.724. The van der Waals surface area contributed by atoms with Crippen molar-refractivity contribution in [2.45, 2.75) is 0 Å². The van der Waals surface area contributed by atoms with Crippen molar-refractivity contribution in [2.24, 2.45) is 5.73 Å². The fourth-order valence-electron chi connectivity index (χ4n) is 2.38. The number of esters is 1. The molecule has 2 aromatic carbocycles. The topological polar surface area (TPSA) is 94.4 Å². The molecular formula is C17H14N2O4. The van der Waals surface area contributed by atoms with Crippen molar-refractivity contribution in [3.63, 3.8) is 0 Å². The van der Waals surface area contributed by atoms with Crippen LogP contribution in [0.1, 0.15) is 20.7 Å². The van der Waals surface area contributed by atoms with E-state index in [9.17, 15) is 9.59 Å². The number of hydrogen-bond acceptors (Lipinski definition) is 4. The number of benzene rings is 2. The van der Waals surface area contributed by atoms with Crippen LogP contribution >= 0.6 is 0 Å². The second-order valence-corrected chi connectivity index (χ2v) is 4.86. The minimum atomic E-state index is -0.589. The minimum absolute atomic E-state index is 0.284. The fourth-order valence-corrected chi connectivity index (χ4v) is 2.38. The molecule has 0 unspecified atom stereocenters. The molecule has 0 aliphatic rings. The van der Waals surface area contributed by atoms with Gasteiger partial charge in [-0.2, -0.15) is 0 Å². The zero-order chi connectivity index (χ0) is 16.4. The largest absolute Gasteiger partial charge is 0.465 e. The van der Waals surface area contributed by atoms with Crippen LogP contribution in [0.2, 0.25) is 0 Å². The van der Waals surface area contributed by atoms with E-state index in [1.54, 1.807) is 42.6 Å². The molecule has 116 valence electrons. The molecule has 1 amide bonds. The number of carbonyl (C=O) groups excluding carboxylic acids is 2. The van der Waals surface area contributed by atoms with Crippen LogP contribution in [0.15, 0.2) is 48.7 Å². The molecule has 3 aromatic rings. The first-order chi connectivity index (χ1) is 11.1. The van der Waals surface area contributed by atoms with E-state index in [2.05, 4.69) is 9.72 Å². The smallest absolute Gasteiger partial charge is 0.337 e. The lowest BCUT2D eigenvalue weighted by atomic mass is 10.1. The first-order valence-electron chi connectivity index (χ1n) is 6.86. The number of nitrogens with one attached hydrogen (secondary N) is 1. The summed E-state index contributed by atoms with van der Waals surface area (Å²) in [5.41, 5.74) is 6.91. The van der Waals surface area contributed by atoms with Crippen LogP contribution in [-0.4, -0.2) is 24.0 Å². The maximum Gasteiger partial charge on any atom is 0.337 e. The third kappa shape index (κ3) is 2.74. The van der Waals surface area contributed by atoms with Gasteiger partial charge in [0.05, 0.1) is 18.2 Å². The Bertz CT molecular complexity index is 898. The van der Waals surface area contributed by atoms with Crippen molar-refractivity contribution in [2.75, 3.05) is 7.11 Å². The maximum atomic E-state index is 11.8. The predicted molar refractivity (Wildman–Crippen MR) is 84.7 cm³/mol. The Morgan fingerprint density at radius 3 is 2.70 bits per heavy atom. The summed E-state index contributed by atoms with van der Waals surface area (Å²) in [7, 11) is 1.31. The lowest BCUT2D eigenvalue weighted by Gasteiger charge is -2.11. The molecule has 6 nitrogen and oxygen atoms in total. The molecule has 0 aliphatic heterocycles. The zero-order valence-corrected chi connectivity index (χ0v) is 12.3. The Morgan fingerprint density at radius 2 is 1.96 bits per heavy atom.